The molecule has 20 heavy (non-hydrogen) atoms. The van der Waals surface area contributed by atoms with E-state index in [1.807, 2.05) is 13.8 Å². The number of aromatic nitrogens is 4. The van der Waals surface area contributed by atoms with E-state index >= 15 is 0 Å². The van der Waals surface area contributed by atoms with Crippen LogP contribution in [0.15, 0.2) is 10.9 Å². The monoisotopic (exact) mass is 275 g/mol. The summed E-state index contributed by atoms with van der Waals surface area (Å²) in [6, 6.07) is 0. The first kappa shape index (κ1) is 12.8. The van der Waals surface area contributed by atoms with Crippen LogP contribution in [0.1, 0.15) is 42.1 Å². The summed E-state index contributed by atoms with van der Waals surface area (Å²) < 4.78 is 5.08. The van der Waals surface area contributed by atoms with Crippen LogP contribution in [0.5, 0.6) is 0 Å². The molecule has 7 heteroatoms. The summed E-state index contributed by atoms with van der Waals surface area (Å²) in [7, 11) is 0. The smallest absolute Gasteiger partial charge is 0.225 e. The summed E-state index contributed by atoms with van der Waals surface area (Å²) >= 11 is 0. The van der Waals surface area contributed by atoms with Crippen LogP contribution in [0.3, 0.4) is 0 Å². The highest BCUT2D eigenvalue weighted by Crippen LogP contribution is 2.39. The van der Waals surface area contributed by atoms with Crippen LogP contribution in [0.4, 0.5) is 0 Å². The Morgan fingerprint density at radius 1 is 1.50 bits per heavy atom. The second-order valence-electron chi connectivity index (χ2n) is 5.30. The quantitative estimate of drug-likeness (QED) is 0.872. The highest BCUT2D eigenvalue weighted by atomic mass is 16.5. The van der Waals surface area contributed by atoms with Gasteiger partial charge in [-0.2, -0.15) is 5.10 Å². The Hall–Kier alpha value is -2.18. The lowest BCUT2D eigenvalue weighted by Gasteiger charge is -2.40. The number of nitrogens with one attached hydrogen (secondary N) is 2. The van der Waals surface area contributed by atoms with Gasteiger partial charge in [0, 0.05) is 5.56 Å². The maximum absolute atomic E-state index is 12.3. The van der Waals surface area contributed by atoms with Gasteiger partial charge in [0.15, 0.2) is 0 Å². The lowest BCUT2D eigenvalue weighted by atomic mass is 9.76. The van der Waals surface area contributed by atoms with Crippen LogP contribution in [-0.4, -0.2) is 26.2 Å². The van der Waals surface area contributed by atoms with Crippen molar-refractivity contribution in [3.05, 3.63) is 29.2 Å². The number of nitrogens with zero attached hydrogens (tertiary/aromatic N) is 3. The van der Waals surface area contributed by atoms with Gasteiger partial charge >= 0.3 is 0 Å². The molecule has 2 heterocycles. The number of hydrogen-bond donors (Lipinski definition) is 2. The summed E-state index contributed by atoms with van der Waals surface area (Å²) in [5.41, 5.74) is 1.24. The van der Waals surface area contributed by atoms with Gasteiger partial charge in [0.1, 0.15) is 17.9 Å². The number of rotatable bonds is 4. The van der Waals surface area contributed by atoms with E-state index < -0.39 is 0 Å². The Morgan fingerprint density at radius 3 is 2.80 bits per heavy atom. The number of amides is 1. The third-order valence-electron chi connectivity index (χ3n) is 3.97. The number of aromatic amines is 1. The van der Waals surface area contributed by atoms with E-state index in [0.29, 0.717) is 5.76 Å². The van der Waals surface area contributed by atoms with E-state index in [-0.39, 0.29) is 17.9 Å². The van der Waals surface area contributed by atoms with Gasteiger partial charge in [-0.25, -0.2) is 4.98 Å². The predicted molar refractivity (Wildman–Crippen MR) is 69.7 cm³/mol. The largest absolute Gasteiger partial charge is 0.361 e. The van der Waals surface area contributed by atoms with Gasteiger partial charge in [-0.1, -0.05) is 5.16 Å². The molecule has 7 nitrogen and oxygen atoms in total. The molecule has 0 unspecified atom stereocenters. The molecule has 2 aromatic rings. The van der Waals surface area contributed by atoms with E-state index in [2.05, 4.69) is 25.7 Å². The van der Waals surface area contributed by atoms with Crippen molar-refractivity contribution in [3.8, 4) is 0 Å². The molecule has 2 N–H and O–H groups in total. The molecular weight excluding hydrogens is 258 g/mol. The van der Waals surface area contributed by atoms with Crippen molar-refractivity contribution < 1.29 is 9.32 Å². The molecule has 1 aliphatic rings. The van der Waals surface area contributed by atoms with Crippen LogP contribution in [0.25, 0.3) is 0 Å². The van der Waals surface area contributed by atoms with Crippen LogP contribution < -0.4 is 5.32 Å². The molecule has 106 valence electrons. The molecule has 2 aromatic heterocycles. The number of carbonyl (C=O) groups excluding carboxylic acids is 1. The molecule has 0 bridgehead atoms. The van der Waals surface area contributed by atoms with Gasteiger partial charge in [-0.15, -0.1) is 0 Å². The predicted octanol–water partition coefficient (Wildman–Crippen LogP) is 1.15. The highest BCUT2D eigenvalue weighted by Gasteiger charge is 2.42. The Bertz CT molecular complexity index is 593. The fourth-order valence-electron chi connectivity index (χ4n) is 2.61. The van der Waals surface area contributed by atoms with Crippen LogP contribution in [0.2, 0.25) is 0 Å². The second-order valence-corrected chi connectivity index (χ2v) is 5.30. The van der Waals surface area contributed by atoms with Crippen molar-refractivity contribution in [2.75, 3.05) is 0 Å². The van der Waals surface area contributed by atoms with Crippen LogP contribution in [-0.2, 0) is 16.8 Å². The molecule has 3 rings (SSSR count). The van der Waals surface area contributed by atoms with Crippen LogP contribution >= 0.6 is 0 Å². The third kappa shape index (κ3) is 2.09. The van der Waals surface area contributed by atoms with Crippen LogP contribution in [0, 0.1) is 13.8 Å². The van der Waals surface area contributed by atoms with Gasteiger partial charge in [0.25, 0.3) is 0 Å². The standard InChI is InChI=1S/C13H17N5O2/c1-8-10(9(2)20-18-8)6-11(19)16-13(4-3-5-13)12-14-7-15-17-12/h7H,3-6H2,1-2H3,(H,16,19)(H,14,15,17). The molecule has 0 aromatic carbocycles. The SMILES string of the molecule is Cc1noc(C)c1CC(=O)NC1(c2ncn[nH]2)CCC1. The average molecular weight is 275 g/mol. The molecule has 1 fully saturated rings. The van der Waals surface area contributed by atoms with E-state index in [9.17, 15) is 4.79 Å². The fourth-order valence-corrected chi connectivity index (χ4v) is 2.61. The Kier molecular flexibility index (Phi) is 3.04. The van der Waals surface area contributed by atoms with E-state index in [1.165, 1.54) is 6.33 Å². The summed E-state index contributed by atoms with van der Waals surface area (Å²) in [5.74, 6) is 1.38. The highest BCUT2D eigenvalue weighted by molar-refractivity contribution is 5.80. The minimum Gasteiger partial charge on any atom is -0.361 e. The molecule has 0 spiro atoms. The van der Waals surface area contributed by atoms with Gasteiger partial charge in [0.05, 0.1) is 17.7 Å². The van der Waals surface area contributed by atoms with Gasteiger partial charge in [-0.3, -0.25) is 9.89 Å². The number of H-pyrrole nitrogens is 1. The summed E-state index contributed by atoms with van der Waals surface area (Å²) in [5, 5.41) is 13.7. The Morgan fingerprint density at radius 2 is 2.30 bits per heavy atom. The van der Waals surface area contributed by atoms with E-state index in [4.69, 9.17) is 4.52 Å². The van der Waals surface area contributed by atoms with Gasteiger partial charge in [0.2, 0.25) is 5.91 Å². The first-order valence-corrected chi connectivity index (χ1v) is 6.69. The summed E-state index contributed by atoms with van der Waals surface area (Å²) in [4.78, 5) is 16.5. The molecule has 0 radical (unpaired) electrons. The minimum atomic E-state index is -0.382. The molecule has 1 saturated carbocycles. The second kappa shape index (κ2) is 4.73. The molecule has 1 amide bonds. The van der Waals surface area contributed by atoms with Crippen molar-refractivity contribution in [3.63, 3.8) is 0 Å². The van der Waals surface area contributed by atoms with E-state index in [1.54, 1.807) is 0 Å². The van der Waals surface area contributed by atoms with Crippen molar-refractivity contribution in [1.82, 2.24) is 25.7 Å². The topological polar surface area (TPSA) is 96.7 Å². The van der Waals surface area contributed by atoms with Crippen molar-refractivity contribution in [2.45, 2.75) is 45.1 Å². The third-order valence-corrected chi connectivity index (χ3v) is 3.97. The Labute approximate surface area is 116 Å². The first-order valence-electron chi connectivity index (χ1n) is 6.69. The van der Waals surface area contributed by atoms with Crippen molar-refractivity contribution in [2.24, 2.45) is 0 Å². The molecule has 0 aliphatic heterocycles. The van der Waals surface area contributed by atoms with Gasteiger partial charge < -0.3 is 9.84 Å². The van der Waals surface area contributed by atoms with Crippen molar-refractivity contribution >= 4 is 5.91 Å². The number of aryl methyl sites for hydroxylation is 2. The maximum atomic E-state index is 12.3. The van der Waals surface area contributed by atoms with E-state index in [0.717, 1.165) is 36.3 Å². The normalized spacial score (nSPS) is 16.7. The molecule has 0 atom stereocenters. The lowest BCUT2D eigenvalue weighted by molar-refractivity contribution is -0.123. The summed E-state index contributed by atoms with van der Waals surface area (Å²) in [6.45, 7) is 3.66. The zero-order valence-corrected chi connectivity index (χ0v) is 11.6. The fraction of sp³-hybridized carbons (Fsp3) is 0.538. The number of hydrogen-bond acceptors (Lipinski definition) is 5. The first-order chi connectivity index (χ1) is 9.61. The summed E-state index contributed by atoms with van der Waals surface area (Å²) in [6.07, 6.45) is 4.59. The molecule has 0 saturated heterocycles. The average Bonchev–Trinajstić information content (AvgIpc) is 2.99. The number of carbonyl (C=O) groups is 1. The zero-order chi connectivity index (χ0) is 14.2. The van der Waals surface area contributed by atoms with Gasteiger partial charge in [-0.05, 0) is 33.1 Å². The minimum absolute atomic E-state index is 0.0458. The molecule has 1 aliphatic carbocycles. The lowest BCUT2D eigenvalue weighted by Crippen LogP contribution is -2.52. The maximum Gasteiger partial charge on any atom is 0.225 e. The Balaban J connectivity index is 1.73. The van der Waals surface area contributed by atoms with Crippen molar-refractivity contribution in [1.29, 1.82) is 0 Å². The zero-order valence-electron chi connectivity index (χ0n) is 11.6. The molecular formula is C13H17N5O2.